The molecule has 0 aliphatic heterocycles. The summed E-state index contributed by atoms with van der Waals surface area (Å²) in [6.07, 6.45) is 1.14. The van der Waals surface area contributed by atoms with Gasteiger partial charge in [0.15, 0.2) is 0 Å². The highest BCUT2D eigenvalue weighted by atomic mass is 35.5. The van der Waals surface area contributed by atoms with Crippen molar-refractivity contribution in [2.75, 3.05) is 7.05 Å². The lowest BCUT2D eigenvalue weighted by molar-refractivity contribution is 0.230. The van der Waals surface area contributed by atoms with Crippen molar-refractivity contribution in [3.63, 3.8) is 0 Å². The summed E-state index contributed by atoms with van der Waals surface area (Å²) in [6, 6.07) is 8.35. The van der Waals surface area contributed by atoms with Crippen LogP contribution in [0.3, 0.4) is 0 Å². The molecular weight excluding hydrogens is 222 g/mol. The molecule has 1 rings (SSSR count). The van der Waals surface area contributed by atoms with Gasteiger partial charge in [0, 0.05) is 13.6 Å². The van der Waals surface area contributed by atoms with Crippen molar-refractivity contribution in [1.29, 1.82) is 0 Å². The molecule has 0 N–H and O–H groups in total. The van der Waals surface area contributed by atoms with Crippen molar-refractivity contribution >= 4 is 17.0 Å². The Kier molecular flexibility index (Phi) is 4.81. The van der Waals surface area contributed by atoms with Gasteiger partial charge in [-0.2, -0.15) is 0 Å². The van der Waals surface area contributed by atoms with Crippen LogP contribution in [0.1, 0.15) is 37.3 Å². The number of hydrogen-bond donors (Lipinski definition) is 0. The summed E-state index contributed by atoms with van der Waals surface area (Å²) in [6.45, 7) is 4.95. The maximum atomic E-state index is 10.9. The molecular formula is C13H18ClNO. The van der Waals surface area contributed by atoms with Crippen molar-refractivity contribution in [3.05, 3.63) is 35.4 Å². The van der Waals surface area contributed by atoms with E-state index in [9.17, 15) is 4.79 Å². The van der Waals surface area contributed by atoms with Crippen LogP contribution < -0.4 is 0 Å². The molecule has 0 fully saturated rings. The van der Waals surface area contributed by atoms with Crippen molar-refractivity contribution in [2.45, 2.75) is 32.7 Å². The number of carbonyl (C=O) groups is 1. The quantitative estimate of drug-likeness (QED) is 0.575. The molecule has 1 unspecified atom stereocenters. The number of hydrogen-bond acceptors (Lipinski definition) is 1. The Balaban J connectivity index is 2.68. The van der Waals surface area contributed by atoms with Gasteiger partial charge >= 0.3 is 5.37 Å². The molecule has 0 spiro atoms. The van der Waals surface area contributed by atoms with E-state index in [4.69, 9.17) is 11.6 Å². The maximum Gasteiger partial charge on any atom is 0.316 e. The van der Waals surface area contributed by atoms with Crippen LogP contribution >= 0.6 is 11.6 Å². The van der Waals surface area contributed by atoms with Crippen LogP contribution in [0.4, 0.5) is 4.79 Å². The molecule has 16 heavy (non-hydrogen) atoms. The lowest BCUT2D eigenvalue weighted by Crippen LogP contribution is -2.19. The third-order valence-electron chi connectivity index (χ3n) is 2.88. The van der Waals surface area contributed by atoms with Gasteiger partial charge in [0.25, 0.3) is 0 Å². The van der Waals surface area contributed by atoms with Crippen molar-refractivity contribution in [3.8, 4) is 0 Å². The minimum atomic E-state index is -0.425. The summed E-state index contributed by atoms with van der Waals surface area (Å²) < 4.78 is 0. The monoisotopic (exact) mass is 239 g/mol. The molecule has 1 aromatic rings. The van der Waals surface area contributed by atoms with Gasteiger partial charge in [0.05, 0.1) is 0 Å². The Morgan fingerprint density at radius 1 is 1.38 bits per heavy atom. The number of carbonyl (C=O) groups excluding carboxylic acids is 1. The van der Waals surface area contributed by atoms with Crippen LogP contribution in [-0.4, -0.2) is 17.3 Å². The Bertz CT molecular complexity index is 347. The van der Waals surface area contributed by atoms with Crippen molar-refractivity contribution in [1.82, 2.24) is 4.90 Å². The molecule has 0 heterocycles. The van der Waals surface area contributed by atoms with E-state index in [-0.39, 0.29) is 0 Å². The number of nitrogens with zero attached hydrogens (tertiary/aromatic N) is 1. The van der Waals surface area contributed by atoms with Gasteiger partial charge in [-0.05, 0) is 35.1 Å². The Labute approximate surface area is 102 Å². The third kappa shape index (κ3) is 3.53. The molecule has 0 saturated heterocycles. The highest BCUT2D eigenvalue weighted by Gasteiger charge is 2.06. The number of halogens is 1. The summed E-state index contributed by atoms with van der Waals surface area (Å²) in [5.74, 6) is 0.585. The van der Waals surface area contributed by atoms with Crippen LogP contribution in [-0.2, 0) is 6.54 Å². The minimum Gasteiger partial charge on any atom is -0.328 e. The largest absolute Gasteiger partial charge is 0.328 e. The van der Waals surface area contributed by atoms with E-state index in [1.165, 1.54) is 10.5 Å². The van der Waals surface area contributed by atoms with Gasteiger partial charge in [-0.1, -0.05) is 38.1 Å². The Morgan fingerprint density at radius 3 is 2.38 bits per heavy atom. The average molecular weight is 240 g/mol. The number of benzene rings is 1. The average Bonchev–Trinajstić information content (AvgIpc) is 2.28. The number of rotatable bonds is 4. The van der Waals surface area contributed by atoms with Gasteiger partial charge in [-0.15, -0.1) is 0 Å². The molecule has 3 heteroatoms. The van der Waals surface area contributed by atoms with Crippen LogP contribution in [0, 0.1) is 0 Å². The summed E-state index contributed by atoms with van der Waals surface area (Å²) in [4.78, 5) is 12.3. The van der Waals surface area contributed by atoms with E-state index in [0.717, 1.165) is 12.0 Å². The first-order valence-electron chi connectivity index (χ1n) is 5.54. The zero-order chi connectivity index (χ0) is 12.1. The molecule has 1 amide bonds. The van der Waals surface area contributed by atoms with Gasteiger partial charge in [0.2, 0.25) is 0 Å². The lowest BCUT2D eigenvalue weighted by atomic mass is 9.98. The van der Waals surface area contributed by atoms with E-state index >= 15 is 0 Å². The Hall–Kier alpha value is -1.02. The number of amides is 1. The van der Waals surface area contributed by atoms with Gasteiger partial charge in [-0.3, -0.25) is 4.79 Å². The normalized spacial score (nSPS) is 12.2. The van der Waals surface area contributed by atoms with Crippen LogP contribution in [0.25, 0.3) is 0 Å². The molecule has 0 aliphatic carbocycles. The van der Waals surface area contributed by atoms with E-state index in [2.05, 4.69) is 38.1 Å². The molecule has 88 valence electrons. The first-order valence-corrected chi connectivity index (χ1v) is 5.91. The van der Waals surface area contributed by atoms with Crippen molar-refractivity contribution in [2.24, 2.45) is 0 Å². The zero-order valence-corrected chi connectivity index (χ0v) is 10.8. The first-order chi connectivity index (χ1) is 7.54. The molecule has 1 aromatic carbocycles. The highest BCUT2D eigenvalue weighted by molar-refractivity contribution is 6.62. The third-order valence-corrected chi connectivity index (χ3v) is 3.17. The highest BCUT2D eigenvalue weighted by Crippen LogP contribution is 2.19. The first kappa shape index (κ1) is 13.0. The summed E-state index contributed by atoms with van der Waals surface area (Å²) in [5.41, 5.74) is 2.44. The predicted octanol–water partition coefficient (Wildman–Crippen LogP) is 3.99. The topological polar surface area (TPSA) is 20.3 Å². The molecule has 0 bridgehead atoms. The second-order valence-electron chi connectivity index (χ2n) is 4.16. The fourth-order valence-electron chi connectivity index (χ4n) is 1.52. The van der Waals surface area contributed by atoms with Crippen LogP contribution in [0.2, 0.25) is 0 Å². The predicted molar refractivity (Wildman–Crippen MR) is 67.9 cm³/mol. The minimum absolute atomic E-state index is 0.425. The lowest BCUT2D eigenvalue weighted by Gasteiger charge is -2.14. The smallest absolute Gasteiger partial charge is 0.316 e. The van der Waals surface area contributed by atoms with Gasteiger partial charge < -0.3 is 4.90 Å². The standard InChI is InChI=1S/C13H18ClNO/c1-4-10(2)12-7-5-11(6-8-12)9-15(3)13(14)16/h5-8,10H,4,9H2,1-3H3. The second-order valence-corrected chi connectivity index (χ2v) is 4.48. The van der Waals surface area contributed by atoms with E-state index in [1.807, 2.05) is 0 Å². The summed E-state index contributed by atoms with van der Waals surface area (Å²) >= 11 is 5.37. The second kappa shape index (κ2) is 5.90. The fourth-order valence-corrected chi connectivity index (χ4v) is 1.58. The molecule has 0 aromatic heterocycles. The SMILES string of the molecule is CCC(C)c1ccc(CN(C)C(=O)Cl)cc1. The Morgan fingerprint density at radius 2 is 1.94 bits per heavy atom. The fraction of sp³-hybridized carbons (Fsp3) is 0.462. The maximum absolute atomic E-state index is 10.9. The van der Waals surface area contributed by atoms with Gasteiger partial charge in [0.1, 0.15) is 0 Å². The molecule has 1 atom stereocenters. The molecule has 2 nitrogen and oxygen atoms in total. The van der Waals surface area contributed by atoms with Crippen LogP contribution in [0.15, 0.2) is 24.3 Å². The summed E-state index contributed by atoms with van der Waals surface area (Å²) in [7, 11) is 1.69. The van der Waals surface area contributed by atoms with E-state index in [0.29, 0.717) is 12.5 Å². The zero-order valence-electron chi connectivity index (χ0n) is 10.0. The molecule has 0 radical (unpaired) electrons. The molecule has 0 saturated carbocycles. The van der Waals surface area contributed by atoms with Gasteiger partial charge in [-0.25, -0.2) is 0 Å². The summed E-state index contributed by atoms with van der Waals surface area (Å²) in [5, 5.41) is -0.425. The molecule has 0 aliphatic rings. The van der Waals surface area contributed by atoms with Crippen molar-refractivity contribution < 1.29 is 4.79 Å². The van der Waals surface area contributed by atoms with E-state index < -0.39 is 5.37 Å². The van der Waals surface area contributed by atoms with Crippen LogP contribution in [0.5, 0.6) is 0 Å². The van der Waals surface area contributed by atoms with E-state index in [1.54, 1.807) is 7.05 Å².